The van der Waals surface area contributed by atoms with Crippen LogP contribution in [-0.4, -0.2) is 59.1 Å². The smallest absolute Gasteiger partial charge is 0.235 e. The summed E-state index contributed by atoms with van der Waals surface area (Å²) in [7, 11) is 0. The SMILES string of the molecule is Cc1cc(NC(=O)CSCC(=O)N2CCNC[C@H]2C)no1.Cl. The minimum atomic E-state index is -0.186. The van der Waals surface area contributed by atoms with E-state index in [-0.39, 0.29) is 36.0 Å². The maximum atomic E-state index is 12.1. The van der Waals surface area contributed by atoms with Crippen LogP contribution in [0.2, 0.25) is 0 Å². The molecular formula is C13H21ClN4O3S. The molecule has 0 radical (unpaired) electrons. The quantitative estimate of drug-likeness (QED) is 0.822. The molecule has 0 aromatic carbocycles. The highest BCUT2D eigenvalue weighted by Crippen LogP contribution is 2.10. The van der Waals surface area contributed by atoms with Crippen LogP contribution in [0.25, 0.3) is 0 Å². The number of carbonyl (C=O) groups excluding carboxylic acids is 2. The molecule has 1 aromatic rings. The van der Waals surface area contributed by atoms with Gasteiger partial charge in [-0.25, -0.2) is 0 Å². The number of aromatic nitrogens is 1. The number of anilines is 1. The van der Waals surface area contributed by atoms with Gasteiger partial charge in [0, 0.05) is 31.7 Å². The van der Waals surface area contributed by atoms with E-state index >= 15 is 0 Å². The van der Waals surface area contributed by atoms with Crippen LogP contribution in [0, 0.1) is 6.92 Å². The third-order valence-electron chi connectivity index (χ3n) is 3.18. The molecule has 2 N–H and O–H groups in total. The minimum Gasteiger partial charge on any atom is -0.360 e. The lowest BCUT2D eigenvalue weighted by atomic mass is 10.2. The van der Waals surface area contributed by atoms with E-state index < -0.39 is 0 Å². The van der Waals surface area contributed by atoms with Gasteiger partial charge in [-0.3, -0.25) is 9.59 Å². The van der Waals surface area contributed by atoms with Crippen molar-refractivity contribution < 1.29 is 14.1 Å². The molecule has 2 heterocycles. The van der Waals surface area contributed by atoms with Crippen molar-refractivity contribution in [2.75, 3.05) is 36.5 Å². The Morgan fingerprint density at radius 3 is 2.95 bits per heavy atom. The van der Waals surface area contributed by atoms with Gasteiger partial charge in [0.15, 0.2) is 5.82 Å². The fourth-order valence-corrected chi connectivity index (χ4v) is 2.83. The van der Waals surface area contributed by atoms with Crippen LogP contribution < -0.4 is 10.6 Å². The van der Waals surface area contributed by atoms with Crippen LogP contribution in [-0.2, 0) is 9.59 Å². The van der Waals surface area contributed by atoms with Gasteiger partial charge in [0.05, 0.1) is 11.5 Å². The maximum Gasteiger partial charge on any atom is 0.235 e. The Labute approximate surface area is 139 Å². The molecule has 0 spiro atoms. The lowest BCUT2D eigenvalue weighted by Crippen LogP contribution is -2.52. The van der Waals surface area contributed by atoms with Gasteiger partial charge >= 0.3 is 0 Å². The highest BCUT2D eigenvalue weighted by molar-refractivity contribution is 8.00. The molecule has 7 nitrogen and oxygen atoms in total. The first kappa shape index (κ1) is 18.8. The predicted molar refractivity (Wildman–Crippen MR) is 88.5 cm³/mol. The van der Waals surface area contributed by atoms with Crippen molar-refractivity contribution in [3.63, 3.8) is 0 Å². The lowest BCUT2D eigenvalue weighted by molar-refractivity contribution is -0.131. The number of rotatable bonds is 5. The molecule has 124 valence electrons. The van der Waals surface area contributed by atoms with Gasteiger partial charge < -0.3 is 20.1 Å². The van der Waals surface area contributed by atoms with E-state index in [1.54, 1.807) is 13.0 Å². The molecule has 9 heteroatoms. The third-order valence-corrected chi connectivity index (χ3v) is 4.09. The second kappa shape index (κ2) is 9.02. The van der Waals surface area contributed by atoms with Crippen LogP contribution in [0.1, 0.15) is 12.7 Å². The first-order chi connectivity index (χ1) is 10.1. The Bertz CT molecular complexity index is 511. The molecular weight excluding hydrogens is 328 g/mol. The topological polar surface area (TPSA) is 87.5 Å². The van der Waals surface area contributed by atoms with E-state index in [4.69, 9.17) is 4.52 Å². The monoisotopic (exact) mass is 348 g/mol. The molecule has 22 heavy (non-hydrogen) atoms. The number of nitrogens with zero attached hydrogens (tertiary/aromatic N) is 2. The Balaban J connectivity index is 0.00000242. The summed E-state index contributed by atoms with van der Waals surface area (Å²) in [6, 6.07) is 1.86. The molecule has 0 saturated carbocycles. The zero-order chi connectivity index (χ0) is 15.2. The van der Waals surface area contributed by atoms with E-state index in [2.05, 4.69) is 15.8 Å². The highest BCUT2D eigenvalue weighted by Gasteiger charge is 2.22. The molecule has 2 rings (SSSR count). The summed E-state index contributed by atoms with van der Waals surface area (Å²) in [6.45, 7) is 6.15. The maximum absolute atomic E-state index is 12.1. The fraction of sp³-hybridized carbons (Fsp3) is 0.615. The van der Waals surface area contributed by atoms with Crippen LogP contribution in [0.4, 0.5) is 5.82 Å². The van der Waals surface area contributed by atoms with E-state index in [0.717, 1.165) is 19.6 Å². The molecule has 1 atom stereocenters. The van der Waals surface area contributed by atoms with Gasteiger partial charge in [-0.15, -0.1) is 24.2 Å². The second-order valence-electron chi connectivity index (χ2n) is 5.00. The molecule has 1 aliphatic rings. The second-order valence-corrected chi connectivity index (χ2v) is 5.99. The number of nitrogens with one attached hydrogen (secondary N) is 2. The van der Waals surface area contributed by atoms with Gasteiger partial charge in [0.1, 0.15) is 5.76 Å². The van der Waals surface area contributed by atoms with E-state index in [1.807, 2.05) is 11.8 Å². The molecule has 1 aromatic heterocycles. The number of aryl methyl sites for hydroxylation is 1. The van der Waals surface area contributed by atoms with Gasteiger partial charge in [-0.05, 0) is 13.8 Å². The molecule has 0 aliphatic carbocycles. The van der Waals surface area contributed by atoms with E-state index in [9.17, 15) is 9.59 Å². The minimum absolute atomic E-state index is 0. The summed E-state index contributed by atoms with van der Waals surface area (Å²) in [5.41, 5.74) is 0. The van der Waals surface area contributed by atoms with Crippen LogP contribution in [0.5, 0.6) is 0 Å². The fourth-order valence-electron chi connectivity index (χ4n) is 2.13. The van der Waals surface area contributed by atoms with Crippen molar-refractivity contribution in [3.8, 4) is 0 Å². The van der Waals surface area contributed by atoms with Gasteiger partial charge in [0.25, 0.3) is 0 Å². The van der Waals surface area contributed by atoms with Crippen molar-refractivity contribution in [1.82, 2.24) is 15.4 Å². The van der Waals surface area contributed by atoms with Crippen LogP contribution in [0.3, 0.4) is 0 Å². The molecule has 1 fully saturated rings. The van der Waals surface area contributed by atoms with Crippen molar-refractivity contribution in [3.05, 3.63) is 11.8 Å². The predicted octanol–water partition coefficient (Wildman–Crippen LogP) is 0.897. The number of amides is 2. The lowest BCUT2D eigenvalue weighted by Gasteiger charge is -2.33. The Morgan fingerprint density at radius 2 is 2.32 bits per heavy atom. The molecule has 1 aliphatic heterocycles. The van der Waals surface area contributed by atoms with Gasteiger partial charge in [-0.2, -0.15) is 0 Å². The Kier molecular flexibility index (Phi) is 7.70. The summed E-state index contributed by atoms with van der Waals surface area (Å²) < 4.78 is 4.86. The average molecular weight is 349 g/mol. The number of hydrogen-bond donors (Lipinski definition) is 2. The third kappa shape index (κ3) is 5.51. The van der Waals surface area contributed by atoms with Crippen molar-refractivity contribution in [2.45, 2.75) is 19.9 Å². The average Bonchev–Trinajstić information content (AvgIpc) is 2.84. The Morgan fingerprint density at radius 1 is 1.55 bits per heavy atom. The largest absolute Gasteiger partial charge is 0.360 e. The number of thioether (sulfide) groups is 1. The number of halogens is 1. The highest BCUT2D eigenvalue weighted by atomic mass is 35.5. The molecule has 2 amide bonds. The summed E-state index contributed by atoms with van der Waals surface area (Å²) in [6.07, 6.45) is 0. The van der Waals surface area contributed by atoms with Crippen molar-refractivity contribution >= 4 is 41.8 Å². The van der Waals surface area contributed by atoms with Gasteiger partial charge in [-0.1, -0.05) is 5.16 Å². The first-order valence-corrected chi connectivity index (χ1v) is 8.03. The van der Waals surface area contributed by atoms with Crippen LogP contribution in [0.15, 0.2) is 10.6 Å². The first-order valence-electron chi connectivity index (χ1n) is 6.87. The van der Waals surface area contributed by atoms with E-state index in [1.165, 1.54) is 11.8 Å². The van der Waals surface area contributed by atoms with Crippen molar-refractivity contribution in [2.24, 2.45) is 0 Å². The number of carbonyl (C=O) groups is 2. The van der Waals surface area contributed by atoms with Crippen molar-refractivity contribution in [1.29, 1.82) is 0 Å². The summed E-state index contributed by atoms with van der Waals surface area (Å²) in [5.74, 6) is 1.47. The standard InChI is InChI=1S/C13H20N4O3S.ClH/c1-9-6-14-3-4-17(9)13(19)8-21-7-12(18)15-11-5-10(2)20-16-11;/h5,9,14H,3-4,6-8H2,1-2H3,(H,15,16,18);1H/t9-;/m1./s1. The number of piperazine rings is 1. The molecule has 1 saturated heterocycles. The molecule has 0 unspecified atom stereocenters. The Hall–Kier alpha value is -1.25. The molecule has 0 bridgehead atoms. The summed E-state index contributed by atoms with van der Waals surface area (Å²) in [4.78, 5) is 25.6. The van der Waals surface area contributed by atoms with Crippen LogP contribution >= 0.6 is 24.2 Å². The zero-order valence-corrected chi connectivity index (χ0v) is 14.3. The summed E-state index contributed by atoms with van der Waals surface area (Å²) in [5, 5.41) is 9.55. The number of hydrogen-bond acceptors (Lipinski definition) is 6. The zero-order valence-electron chi connectivity index (χ0n) is 12.6. The van der Waals surface area contributed by atoms with E-state index in [0.29, 0.717) is 17.3 Å². The normalized spacial score (nSPS) is 17.7. The van der Waals surface area contributed by atoms with Gasteiger partial charge in [0.2, 0.25) is 11.8 Å². The summed E-state index contributed by atoms with van der Waals surface area (Å²) >= 11 is 1.31.